The van der Waals surface area contributed by atoms with Crippen molar-refractivity contribution in [3.63, 3.8) is 0 Å². The van der Waals surface area contributed by atoms with Crippen molar-refractivity contribution in [1.29, 1.82) is 5.26 Å². The van der Waals surface area contributed by atoms with Crippen molar-refractivity contribution in [2.45, 2.75) is 39.2 Å². The molecule has 102 valence electrons. The quantitative estimate of drug-likeness (QED) is 0.893. The Bertz CT molecular complexity index is 484. The summed E-state index contributed by atoms with van der Waals surface area (Å²) < 4.78 is 27.6. The molecule has 2 nitrogen and oxygen atoms in total. The van der Waals surface area contributed by atoms with Crippen LogP contribution in [0.3, 0.4) is 0 Å². The lowest BCUT2D eigenvalue weighted by atomic mass is 9.93. The molecule has 0 radical (unpaired) electrons. The van der Waals surface area contributed by atoms with Crippen LogP contribution in [0.25, 0.3) is 0 Å². The molecule has 0 heterocycles. The molecule has 0 bridgehead atoms. The van der Waals surface area contributed by atoms with Gasteiger partial charge in [0.05, 0.1) is 11.6 Å². The van der Waals surface area contributed by atoms with E-state index in [0.717, 1.165) is 31.4 Å². The molecule has 0 spiro atoms. The van der Waals surface area contributed by atoms with Crippen molar-refractivity contribution in [3.8, 4) is 6.07 Å². The second-order valence-corrected chi connectivity index (χ2v) is 5.28. The van der Waals surface area contributed by atoms with E-state index in [1.807, 2.05) is 0 Å². The molecule has 0 aliphatic heterocycles. The number of nitrogens with one attached hydrogen (secondary N) is 1. The van der Waals surface area contributed by atoms with Gasteiger partial charge in [-0.3, -0.25) is 0 Å². The first-order valence-electron chi connectivity index (χ1n) is 6.72. The smallest absolute Gasteiger partial charge is 0.150 e. The van der Waals surface area contributed by atoms with Gasteiger partial charge in [-0.05, 0) is 36.8 Å². The molecule has 0 aromatic heterocycles. The molecule has 2 rings (SSSR count). The van der Waals surface area contributed by atoms with Gasteiger partial charge in [0.25, 0.3) is 0 Å². The summed E-state index contributed by atoms with van der Waals surface area (Å²) in [5, 5.41) is 11.6. The molecule has 3 atom stereocenters. The van der Waals surface area contributed by atoms with Crippen LogP contribution in [0.5, 0.6) is 0 Å². The third-order valence-electron chi connectivity index (χ3n) is 4.25. The molecule has 19 heavy (non-hydrogen) atoms. The van der Waals surface area contributed by atoms with E-state index in [-0.39, 0.29) is 17.3 Å². The molecule has 1 N–H and O–H groups in total. The Labute approximate surface area is 112 Å². The molecule has 3 unspecified atom stereocenters. The Morgan fingerprint density at radius 1 is 1.32 bits per heavy atom. The van der Waals surface area contributed by atoms with Crippen LogP contribution >= 0.6 is 0 Å². The molecule has 1 aliphatic carbocycles. The highest BCUT2D eigenvalue weighted by molar-refractivity contribution is 5.51. The fourth-order valence-electron chi connectivity index (χ4n) is 2.99. The van der Waals surface area contributed by atoms with Gasteiger partial charge in [0, 0.05) is 6.04 Å². The van der Waals surface area contributed by atoms with Crippen molar-refractivity contribution >= 4 is 5.69 Å². The highest BCUT2D eigenvalue weighted by Gasteiger charge is 2.32. The Hall–Kier alpha value is -1.63. The van der Waals surface area contributed by atoms with Gasteiger partial charge in [-0.15, -0.1) is 0 Å². The molecular formula is C15H18F2N2. The number of hydrogen-bond acceptors (Lipinski definition) is 2. The van der Waals surface area contributed by atoms with E-state index in [2.05, 4.69) is 19.2 Å². The van der Waals surface area contributed by atoms with Crippen LogP contribution in [0.1, 0.15) is 38.7 Å². The Kier molecular flexibility index (Phi) is 4.04. The van der Waals surface area contributed by atoms with Crippen LogP contribution < -0.4 is 5.32 Å². The van der Waals surface area contributed by atoms with Crippen LogP contribution in [0.15, 0.2) is 12.1 Å². The number of rotatable bonds is 3. The minimum atomic E-state index is -0.691. The number of halogens is 2. The largest absolute Gasteiger partial charge is 0.377 e. The summed E-state index contributed by atoms with van der Waals surface area (Å²) >= 11 is 0. The second-order valence-electron chi connectivity index (χ2n) is 5.28. The second kappa shape index (κ2) is 5.56. The van der Waals surface area contributed by atoms with Crippen molar-refractivity contribution in [3.05, 3.63) is 29.3 Å². The number of anilines is 1. The zero-order chi connectivity index (χ0) is 14.0. The summed E-state index contributed by atoms with van der Waals surface area (Å²) in [6.45, 7) is 4.27. The first-order valence-corrected chi connectivity index (χ1v) is 6.72. The topological polar surface area (TPSA) is 35.8 Å². The first kappa shape index (κ1) is 13.8. The van der Waals surface area contributed by atoms with Crippen molar-refractivity contribution in [2.24, 2.45) is 11.8 Å². The van der Waals surface area contributed by atoms with E-state index < -0.39 is 11.6 Å². The average molecular weight is 264 g/mol. The lowest BCUT2D eigenvalue weighted by Crippen LogP contribution is -2.25. The summed E-state index contributed by atoms with van der Waals surface area (Å²) in [6.07, 6.45) is 3.12. The highest BCUT2D eigenvalue weighted by atomic mass is 19.1. The minimum absolute atomic E-state index is 0.00598. The molecule has 0 saturated heterocycles. The predicted octanol–water partition coefficient (Wildman–Crippen LogP) is 4.07. The maximum absolute atomic E-state index is 13.8. The minimum Gasteiger partial charge on any atom is -0.377 e. The van der Waals surface area contributed by atoms with E-state index >= 15 is 0 Å². The van der Waals surface area contributed by atoms with Crippen LogP contribution in [-0.2, 0) is 0 Å². The SMILES string of the molecule is CCC1CCC(Nc2c(F)cc(C#N)cc2F)C1C. The Morgan fingerprint density at radius 3 is 2.42 bits per heavy atom. The number of benzene rings is 1. The van der Waals surface area contributed by atoms with Gasteiger partial charge >= 0.3 is 0 Å². The van der Waals surface area contributed by atoms with Crippen LogP contribution in [0.2, 0.25) is 0 Å². The Balaban J connectivity index is 2.19. The number of nitrogens with zero attached hydrogens (tertiary/aromatic N) is 1. The Morgan fingerprint density at radius 2 is 1.95 bits per heavy atom. The van der Waals surface area contributed by atoms with Crippen LogP contribution in [0, 0.1) is 34.8 Å². The zero-order valence-electron chi connectivity index (χ0n) is 11.2. The summed E-state index contributed by atoms with van der Waals surface area (Å²) in [6, 6.07) is 3.99. The predicted molar refractivity (Wildman–Crippen MR) is 70.7 cm³/mol. The average Bonchev–Trinajstić information content (AvgIpc) is 2.74. The molecular weight excluding hydrogens is 246 g/mol. The lowest BCUT2D eigenvalue weighted by Gasteiger charge is -2.22. The van der Waals surface area contributed by atoms with Gasteiger partial charge in [0.15, 0.2) is 11.6 Å². The normalized spacial score (nSPS) is 26.2. The van der Waals surface area contributed by atoms with Gasteiger partial charge in [0.1, 0.15) is 5.69 Å². The molecule has 1 aliphatic rings. The third kappa shape index (κ3) is 2.70. The van der Waals surface area contributed by atoms with Gasteiger partial charge in [-0.1, -0.05) is 20.3 Å². The highest BCUT2D eigenvalue weighted by Crippen LogP contribution is 2.36. The van der Waals surface area contributed by atoms with Crippen molar-refractivity contribution in [1.82, 2.24) is 0 Å². The lowest BCUT2D eigenvalue weighted by molar-refractivity contribution is 0.390. The monoisotopic (exact) mass is 264 g/mol. The van der Waals surface area contributed by atoms with Gasteiger partial charge in [-0.25, -0.2) is 8.78 Å². The van der Waals surface area contributed by atoms with Crippen molar-refractivity contribution in [2.75, 3.05) is 5.32 Å². The fraction of sp³-hybridized carbons (Fsp3) is 0.533. The molecule has 1 fully saturated rings. The number of hydrogen-bond donors (Lipinski definition) is 1. The first-order chi connectivity index (χ1) is 9.06. The summed E-state index contributed by atoms with van der Waals surface area (Å²) in [5.41, 5.74) is -0.0981. The van der Waals surface area contributed by atoms with Gasteiger partial charge in [-0.2, -0.15) is 5.26 Å². The van der Waals surface area contributed by atoms with Gasteiger partial charge < -0.3 is 5.32 Å². The summed E-state index contributed by atoms with van der Waals surface area (Å²) in [7, 11) is 0. The zero-order valence-corrected chi connectivity index (χ0v) is 11.2. The summed E-state index contributed by atoms with van der Waals surface area (Å²) in [5.74, 6) is -0.367. The fourth-order valence-corrected chi connectivity index (χ4v) is 2.99. The molecule has 0 amide bonds. The maximum Gasteiger partial charge on any atom is 0.150 e. The molecule has 1 aromatic rings. The molecule has 4 heteroatoms. The van der Waals surface area contributed by atoms with E-state index in [4.69, 9.17) is 5.26 Å². The maximum atomic E-state index is 13.8. The van der Waals surface area contributed by atoms with Crippen LogP contribution in [-0.4, -0.2) is 6.04 Å². The van der Waals surface area contributed by atoms with Crippen LogP contribution in [0.4, 0.5) is 14.5 Å². The standard InChI is InChI=1S/C15H18F2N2/c1-3-11-4-5-14(9(11)2)19-15-12(16)6-10(8-18)7-13(15)17/h6-7,9,11,14,19H,3-5H2,1-2H3. The number of nitriles is 1. The van der Waals surface area contributed by atoms with Gasteiger partial charge in [0.2, 0.25) is 0 Å². The van der Waals surface area contributed by atoms with E-state index in [1.54, 1.807) is 6.07 Å². The third-order valence-corrected chi connectivity index (χ3v) is 4.25. The van der Waals surface area contributed by atoms with E-state index in [1.165, 1.54) is 0 Å². The molecule has 1 saturated carbocycles. The van der Waals surface area contributed by atoms with E-state index in [0.29, 0.717) is 11.8 Å². The summed E-state index contributed by atoms with van der Waals surface area (Å²) in [4.78, 5) is 0. The molecule has 1 aromatic carbocycles. The van der Waals surface area contributed by atoms with Crippen molar-refractivity contribution < 1.29 is 8.78 Å². The van der Waals surface area contributed by atoms with E-state index in [9.17, 15) is 8.78 Å².